The van der Waals surface area contributed by atoms with Crippen molar-refractivity contribution < 1.29 is 0 Å². The van der Waals surface area contributed by atoms with E-state index in [2.05, 4.69) is 35.3 Å². The van der Waals surface area contributed by atoms with Gasteiger partial charge in [0.1, 0.15) is 5.82 Å². The molecule has 1 saturated carbocycles. The first-order valence-electron chi connectivity index (χ1n) is 6.86. The normalized spacial score (nSPS) is 24.3. The molecule has 0 spiro atoms. The Hall–Kier alpha value is -0.740. The first kappa shape index (κ1) is 12.3. The summed E-state index contributed by atoms with van der Waals surface area (Å²) in [6.07, 6.45) is 2.67. The lowest BCUT2D eigenvalue weighted by atomic mass is 10.2. The van der Waals surface area contributed by atoms with Gasteiger partial charge in [-0.2, -0.15) is 11.8 Å². The first-order valence-corrected chi connectivity index (χ1v) is 8.02. The highest BCUT2D eigenvalue weighted by Gasteiger charge is 2.21. The Kier molecular flexibility index (Phi) is 3.75. The van der Waals surface area contributed by atoms with Gasteiger partial charge >= 0.3 is 0 Å². The molecule has 1 N–H and O–H groups in total. The third-order valence-corrected chi connectivity index (χ3v) is 4.79. The highest BCUT2D eigenvalue weighted by atomic mass is 32.2. The van der Waals surface area contributed by atoms with E-state index in [1.807, 2.05) is 11.8 Å². The predicted octanol–water partition coefficient (Wildman–Crippen LogP) is 2.28. The summed E-state index contributed by atoms with van der Waals surface area (Å²) in [6, 6.07) is 7.76. The third-order valence-electron chi connectivity index (χ3n) is 3.60. The van der Waals surface area contributed by atoms with Crippen LogP contribution < -0.4 is 10.2 Å². The average molecular weight is 263 g/mol. The number of pyridine rings is 1. The van der Waals surface area contributed by atoms with E-state index in [4.69, 9.17) is 4.98 Å². The van der Waals surface area contributed by atoms with Crippen molar-refractivity contribution in [3.8, 4) is 0 Å². The maximum absolute atomic E-state index is 4.80. The fraction of sp³-hybridized carbons (Fsp3) is 0.643. The molecule has 1 saturated heterocycles. The molecule has 1 aliphatic carbocycles. The molecule has 3 nitrogen and oxygen atoms in total. The molecule has 1 atom stereocenters. The number of rotatable bonds is 4. The summed E-state index contributed by atoms with van der Waals surface area (Å²) in [4.78, 5) is 7.24. The Morgan fingerprint density at radius 2 is 2.33 bits per heavy atom. The zero-order valence-electron chi connectivity index (χ0n) is 10.9. The van der Waals surface area contributed by atoms with Gasteiger partial charge in [0, 0.05) is 36.7 Å². The van der Waals surface area contributed by atoms with Crippen LogP contribution in [0.4, 0.5) is 5.82 Å². The molecule has 0 radical (unpaired) electrons. The number of hydrogen-bond acceptors (Lipinski definition) is 4. The van der Waals surface area contributed by atoms with E-state index in [-0.39, 0.29) is 0 Å². The van der Waals surface area contributed by atoms with E-state index >= 15 is 0 Å². The molecule has 18 heavy (non-hydrogen) atoms. The van der Waals surface area contributed by atoms with E-state index < -0.39 is 0 Å². The summed E-state index contributed by atoms with van der Waals surface area (Å²) in [7, 11) is 0. The number of thioether (sulfide) groups is 1. The summed E-state index contributed by atoms with van der Waals surface area (Å²) < 4.78 is 0. The minimum Gasteiger partial charge on any atom is -0.352 e. The molecular weight excluding hydrogens is 242 g/mol. The molecule has 1 unspecified atom stereocenters. The summed E-state index contributed by atoms with van der Waals surface area (Å²) in [5.41, 5.74) is 1.17. The summed E-state index contributed by atoms with van der Waals surface area (Å²) in [6.45, 7) is 4.33. The van der Waals surface area contributed by atoms with Crippen molar-refractivity contribution in [2.75, 3.05) is 23.0 Å². The SMILES string of the molecule is CC1CSCCN1c1cccc(CNC2CC2)n1. The van der Waals surface area contributed by atoms with Crippen molar-refractivity contribution in [2.24, 2.45) is 0 Å². The molecule has 4 heteroatoms. The van der Waals surface area contributed by atoms with Gasteiger partial charge in [0.15, 0.2) is 0 Å². The van der Waals surface area contributed by atoms with Gasteiger partial charge in [0.05, 0.1) is 5.69 Å². The Morgan fingerprint density at radius 1 is 1.44 bits per heavy atom. The fourth-order valence-electron chi connectivity index (χ4n) is 2.33. The van der Waals surface area contributed by atoms with Crippen LogP contribution in [0, 0.1) is 0 Å². The van der Waals surface area contributed by atoms with Gasteiger partial charge in [-0.1, -0.05) is 6.07 Å². The van der Waals surface area contributed by atoms with Crippen LogP contribution in [-0.4, -0.2) is 35.1 Å². The lowest BCUT2D eigenvalue weighted by Crippen LogP contribution is -2.41. The van der Waals surface area contributed by atoms with Crippen LogP contribution in [0.3, 0.4) is 0 Å². The zero-order chi connectivity index (χ0) is 12.4. The third kappa shape index (κ3) is 2.98. The molecule has 2 fully saturated rings. The van der Waals surface area contributed by atoms with E-state index in [1.54, 1.807) is 0 Å². The topological polar surface area (TPSA) is 28.2 Å². The summed E-state index contributed by atoms with van der Waals surface area (Å²) >= 11 is 2.05. The number of nitrogens with zero attached hydrogens (tertiary/aromatic N) is 2. The molecule has 1 aliphatic heterocycles. The van der Waals surface area contributed by atoms with Crippen LogP contribution in [-0.2, 0) is 6.54 Å². The maximum Gasteiger partial charge on any atom is 0.129 e. The predicted molar refractivity (Wildman–Crippen MR) is 78.2 cm³/mol. The van der Waals surface area contributed by atoms with Crippen molar-refractivity contribution in [3.05, 3.63) is 23.9 Å². The van der Waals surface area contributed by atoms with Gasteiger partial charge in [0.2, 0.25) is 0 Å². The van der Waals surface area contributed by atoms with E-state index in [1.165, 1.54) is 30.0 Å². The van der Waals surface area contributed by atoms with Crippen molar-refractivity contribution >= 4 is 17.6 Å². The highest BCUT2D eigenvalue weighted by molar-refractivity contribution is 7.99. The van der Waals surface area contributed by atoms with Gasteiger partial charge in [-0.25, -0.2) is 4.98 Å². The smallest absolute Gasteiger partial charge is 0.129 e. The number of aromatic nitrogens is 1. The first-order chi connectivity index (χ1) is 8.83. The Labute approximate surface area is 113 Å². The second-order valence-electron chi connectivity index (χ2n) is 5.26. The molecule has 3 rings (SSSR count). The zero-order valence-corrected chi connectivity index (χ0v) is 11.7. The largest absolute Gasteiger partial charge is 0.352 e. The lowest BCUT2D eigenvalue weighted by molar-refractivity contribution is 0.661. The van der Waals surface area contributed by atoms with Crippen LogP contribution in [0.5, 0.6) is 0 Å². The van der Waals surface area contributed by atoms with Gasteiger partial charge in [0.25, 0.3) is 0 Å². The van der Waals surface area contributed by atoms with Gasteiger partial charge in [-0.05, 0) is 31.9 Å². The molecule has 1 aromatic rings. The maximum atomic E-state index is 4.80. The fourth-order valence-corrected chi connectivity index (χ4v) is 3.34. The van der Waals surface area contributed by atoms with Crippen LogP contribution in [0.1, 0.15) is 25.5 Å². The quantitative estimate of drug-likeness (QED) is 0.902. The summed E-state index contributed by atoms with van der Waals surface area (Å²) in [5, 5.41) is 3.53. The molecule has 98 valence electrons. The molecule has 0 aromatic carbocycles. The van der Waals surface area contributed by atoms with E-state index in [0.29, 0.717) is 6.04 Å². The van der Waals surface area contributed by atoms with Gasteiger partial charge in [-0.3, -0.25) is 0 Å². The monoisotopic (exact) mass is 263 g/mol. The van der Waals surface area contributed by atoms with Crippen LogP contribution in [0.25, 0.3) is 0 Å². The number of anilines is 1. The summed E-state index contributed by atoms with van der Waals surface area (Å²) in [5.74, 6) is 3.58. The van der Waals surface area contributed by atoms with Crippen LogP contribution in [0.15, 0.2) is 18.2 Å². The highest BCUT2D eigenvalue weighted by Crippen LogP contribution is 2.23. The number of hydrogen-bond donors (Lipinski definition) is 1. The van der Waals surface area contributed by atoms with Crippen LogP contribution >= 0.6 is 11.8 Å². The van der Waals surface area contributed by atoms with E-state index in [9.17, 15) is 0 Å². The lowest BCUT2D eigenvalue weighted by Gasteiger charge is -2.34. The molecule has 0 amide bonds. The van der Waals surface area contributed by atoms with Crippen molar-refractivity contribution in [3.63, 3.8) is 0 Å². The molecular formula is C14H21N3S. The molecule has 2 heterocycles. The van der Waals surface area contributed by atoms with Crippen LogP contribution in [0.2, 0.25) is 0 Å². The Morgan fingerprint density at radius 3 is 3.11 bits per heavy atom. The standard InChI is InChI=1S/C14H21N3S/c1-11-10-18-8-7-17(11)14-4-2-3-13(16-14)9-15-12-5-6-12/h2-4,11-12,15H,5-10H2,1H3. The Balaban J connectivity index is 1.68. The minimum atomic E-state index is 0.600. The second-order valence-corrected chi connectivity index (χ2v) is 6.41. The Bertz CT molecular complexity index is 406. The van der Waals surface area contributed by atoms with Gasteiger partial charge in [-0.15, -0.1) is 0 Å². The van der Waals surface area contributed by atoms with Crippen molar-refractivity contribution in [1.29, 1.82) is 0 Å². The second kappa shape index (κ2) is 5.49. The van der Waals surface area contributed by atoms with E-state index in [0.717, 1.165) is 24.9 Å². The van der Waals surface area contributed by atoms with Crippen molar-refractivity contribution in [2.45, 2.75) is 38.4 Å². The minimum absolute atomic E-state index is 0.600. The number of nitrogens with one attached hydrogen (secondary N) is 1. The molecule has 1 aromatic heterocycles. The van der Waals surface area contributed by atoms with Crippen molar-refractivity contribution in [1.82, 2.24) is 10.3 Å². The molecule has 2 aliphatic rings. The van der Waals surface area contributed by atoms with Gasteiger partial charge < -0.3 is 10.2 Å². The average Bonchev–Trinajstić information content (AvgIpc) is 3.21. The molecule has 0 bridgehead atoms.